The van der Waals surface area contributed by atoms with Gasteiger partial charge in [-0.3, -0.25) is 14.5 Å². The molecule has 1 amide bonds. The number of phenolic OH excluding ortho intramolecular Hbond substituents is 1. The number of rotatable bonds is 6. The van der Waals surface area contributed by atoms with Crippen molar-refractivity contribution in [2.24, 2.45) is 17.6 Å². The minimum Gasteiger partial charge on any atom is -0.510 e. The zero-order valence-corrected chi connectivity index (χ0v) is 22.3. The number of carbonyl (C=O) groups is 2. The number of allylic oxidation sites excluding steroid dienone is 1. The molecule has 0 heterocycles. The lowest BCUT2D eigenvalue weighted by Crippen LogP contribution is -2.59. The number of Topliss-reactive ketones (excluding diaryl/α,β-unsaturated/α-hetero) is 1. The third-order valence-electron chi connectivity index (χ3n) is 8.62. The first-order chi connectivity index (χ1) is 18.5. The molecule has 4 atom stereocenters. The molecule has 5 rings (SSSR count). The average molecular weight is 535 g/mol. The van der Waals surface area contributed by atoms with E-state index in [1.54, 1.807) is 26.1 Å². The van der Waals surface area contributed by atoms with Crippen molar-refractivity contribution in [1.82, 2.24) is 4.90 Å². The van der Waals surface area contributed by atoms with Crippen LogP contribution in [0.15, 0.2) is 59.1 Å². The van der Waals surface area contributed by atoms with Crippen LogP contribution in [-0.2, 0) is 24.1 Å². The molecule has 0 radical (unpaired) electrons. The molecule has 9 nitrogen and oxygen atoms in total. The van der Waals surface area contributed by atoms with Gasteiger partial charge in [0.1, 0.15) is 28.6 Å². The Balaban J connectivity index is 1.56. The number of carbonyl (C=O) groups excluding carboxylic acids is 2. The Labute approximate surface area is 226 Å². The predicted molar refractivity (Wildman–Crippen MR) is 144 cm³/mol. The fourth-order valence-electron chi connectivity index (χ4n) is 6.74. The van der Waals surface area contributed by atoms with Gasteiger partial charge in [-0.15, -0.1) is 0 Å². The predicted octanol–water partition coefficient (Wildman–Crippen LogP) is 2.74. The number of amides is 1. The van der Waals surface area contributed by atoms with Gasteiger partial charge in [-0.05, 0) is 80.6 Å². The van der Waals surface area contributed by atoms with Crippen molar-refractivity contribution in [3.63, 3.8) is 0 Å². The lowest BCUT2D eigenvalue weighted by molar-refractivity contribution is -0.118. The topological polar surface area (TPSA) is 154 Å². The van der Waals surface area contributed by atoms with Crippen molar-refractivity contribution in [1.29, 1.82) is 0 Å². The Hall–Kier alpha value is -3.82. The number of nitrogens with zero attached hydrogens (tertiary/aromatic N) is 1. The number of aryl methyl sites for hydroxylation is 2. The quantitative estimate of drug-likeness (QED) is 0.379. The Morgan fingerprint density at radius 1 is 1.15 bits per heavy atom. The van der Waals surface area contributed by atoms with Gasteiger partial charge in [0.2, 0.25) is 5.91 Å². The van der Waals surface area contributed by atoms with E-state index in [2.05, 4.69) is 0 Å². The van der Waals surface area contributed by atoms with E-state index in [4.69, 9.17) is 10.5 Å². The van der Waals surface area contributed by atoms with E-state index in [1.165, 1.54) is 6.07 Å². The van der Waals surface area contributed by atoms with Gasteiger partial charge >= 0.3 is 0 Å². The number of benzene rings is 2. The first-order valence-electron chi connectivity index (χ1n) is 13.0. The highest BCUT2D eigenvalue weighted by molar-refractivity contribution is 6.13. The van der Waals surface area contributed by atoms with E-state index >= 15 is 0 Å². The molecule has 0 aliphatic heterocycles. The van der Waals surface area contributed by atoms with Crippen LogP contribution >= 0.6 is 0 Å². The molecule has 0 spiro atoms. The number of hydrogen-bond donors (Lipinski definition) is 5. The van der Waals surface area contributed by atoms with Gasteiger partial charge < -0.3 is 30.9 Å². The number of aliphatic hydroxyl groups excluding tert-OH is 2. The van der Waals surface area contributed by atoms with E-state index in [0.717, 1.165) is 22.4 Å². The minimum atomic E-state index is -1.97. The number of nitrogens with two attached hydrogens (primary N) is 1. The average Bonchev–Trinajstić information content (AvgIpc) is 2.89. The number of primary amides is 1. The largest absolute Gasteiger partial charge is 0.510 e. The van der Waals surface area contributed by atoms with Gasteiger partial charge in [0, 0.05) is 17.9 Å². The summed E-state index contributed by atoms with van der Waals surface area (Å²) in [5.41, 5.74) is 6.25. The summed E-state index contributed by atoms with van der Waals surface area (Å²) < 4.78 is 5.32. The third kappa shape index (κ3) is 4.26. The Kier molecular flexibility index (Phi) is 6.68. The molecule has 0 aromatic heterocycles. The Bertz CT molecular complexity index is 1430. The molecule has 6 N–H and O–H groups in total. The van der Waals surface area contributed by atoms with Crippen LogP contribution in [0.4, 0.5) is 0 Å². The van der Waals surface area contributed by atoms with Crippen LogP contribution < -0.4 is 10.5 Å². The van der Waals surface area contributed by atoms with E-state index in [9.17, 15) is 30.0 Å². The highest BCUT2D eigenvalue weighted by atomic mass is 16.5. The zero-order valence-electron chi connectivity index (χ0n) is 22.3. The monoisotopic (exact) mass is 534 g/mol. The lowest BCUT2D eigenvalue weighted by atomic mass is 9.59. The Morgan fingerprint density at radius 2 is 1.90 bits per heavy atom. The number of likely N-dealkylation sites (N-methyl/N-ethyl adjacent to an activating group) is 1. The first-order valence-corrected chi connectivity index (χ1v) is 13.0. The molecule has 3 aliphatic carbocycles. The molecule has 2 aromatic rings. The van der Waals surface area contributed by atoms with E-state index in [1.807, 2.05) is 30.3 Å². The maximum atomic E-state index is 13.8. The van der Waals surface area contributed by atoms with Crippen LogP contribution in [0, 0.1) is 11.8 Å². The van der Waals surface area contributed by atoms with Crippen molar-refractivity contribution in [3.8, 4) is 11.5 Å². The van der Waals surface area contributed by atoms with Gasteiger partial charge in [-0.1, -0.05) is 18.2 Å². The van der Waals surface area contributed by atoms with Gasteiger partial charge in [0.05, 0.1) is 24.3 Å². The van der Waals surface area contributed by atoms with Crippen molar-refractivity contribution in [3.05, 3.63) is 81.3 Å². The van der Waals surface area contributed by atoms with Crippen molar-refractivity contribution >= 4 is 11.7 Å². The summed E-state index contributed by atoms with van der Waals surface area (Å²) in [6, 6.07) is 10.3. The smallest absolute Gasteiger partial charge is 0.248 e. The molecule has 4 unspecified atom stereocenters. The van der Waals surface area contributed by atoms with Crippen LogP contribution in [0.2, 0.25) is 0 Å². The summed E-state index contributed by atoms with van der Waals surface area (Å²) in [6.45, 7) is 0. The fourth-order valence-corrected chi connectivity index (χ4v) is 6.74. The second-order valence-corrected chi connectivity index (χ2v) is 11.0. The molecular weight excluding hydrogens is 500 g/mol. The molecule has 9 heteroatoms. The molecule has 0 saturated heterocycles. The highest BCUT2D eigenvalue weighted by Gasteiger charge is 2.58. The SMILES string of the molecule is COc1cccc(CCc2ccc(O)c3c2CC2CC4C(N(C)C)C(O)=C(C(N)=O)CC4(O)C(O)=C2C3=O)c1. The van der Waals surface area contributed by atoms with Crippen molar-refractivity contribution in [2.45, 2.75) is 43.7 Å². The normalized spacial score (nSPS) is 26.3. The van der Waals surface area contributed by atoms with E-state index < -0.39 is 47.3 Å². The maximum absolute atomic E-state index is 13.8. The maximum Gasteiger partial charge on any atom is 0.248 e. The molecule has 0 bridgehead atoms. The number of phenols is 1. The van der Waals surface area contributed by atoms with E-state index in [0.29, 0.717) is 19.3 Å². The summed E-state index contributed by atoms with van der Waals surface area (Å²) in [7, 11) is 5.03. The summed E-state index contributed by atoms with van der Waals surface area (Å²) >= 11 is 0. The fraction of sp³-hybridized carbons (Fsp3) is 0.400. The van der Waals surface area contributed by atoms with Gasteiger partial charge in [0.25, 0.3) is 0 Å². The molecule has 3 aliphatic rings. The number of methoxy groups -OCH3 is 1. The molecule has 0 fully saturated rings. The van der Waals surface area contributed by atoms with Crippen LogP contribution in [0.5, 0.6) is 11.5 Å². The van der Waals surface area contributed by atoms with Crippen LogP contribution in [-0.4, -0.2) is 69.9 Å². The standard InChI is InChI=1S/C30H34N2O7/c1-32(2)25-21-13-17-12-19-16(8-7-15-5-4-6-18(11-15)39-3)9-10-22(33)24(19)27(35)23(17)28(36)30(21,38)14-20(26(25)34)29(31)37/h4-6,9-11,17,21,25,33-34,36,38H,7-8,12-14H2,1-3H3,(H2,31,37). The van der Waals surface area contributed by atoms with Crippen LogP contribution in [0.3, 0.4) is 0 Å². The summed E-state index contributed by atoms with van der Waals surface area (Å²) in [5.74, 6) is -2.74. The third-order valence-corrected chi connectivity index (χ3v) is 8.62. The van der Waals surface area contributed by atoms with Crippen molar-refractivity contribution in [2.75, 3.05) is 21.2 Å². The Morgan fingerprint density at radius 3 is 2.56 bits per heavy atom. The summed E-state index contributed by atoms with van der Waals surface area (Å²) in [4.78, 5) is 27.6. The first kappa shape index (κ1) is 26.8. The summed E-state index contributed by atoms with van der Waals surface area (Å²) in [6.07, 6.45) is 1.58. The number of hydrogen-bond acceptors (Lipinski definition) is 8. The number of ether oxygens (including phenoxy) is 1. The number of aliphatic hydroxyl groups is 3. The van der Waals surface area contributed by atoms with Gasteiger partial charge in [-0.25, -0.2) is 0 Å². The van der Waals surface area contributed by atoms with E-state index in [-0.39, 0.29) is 34.6 Å². The lowest BCUT2D eigenvalue weighted by Gasteiger charge is -2.51. The summed E-state index contributed by atoms with van der Waals surface area (Å²) in [5, 5.41) is 44.9. The van der Waals surface area contributed by atoms with Crippen LogP contribution in [0.25, 0.3) is 0 Å². The minimum absolute atomic E-state index is 0.0456. The molecule has 0 saturated carbocycles. The van der Waals surface area contributed by atoms with Gasteiger partial charge in [-0.2, -0.15) is 0 Å². The second kappa shape index (κ2) is 9.73. The second-order valence-electron chi connectivity index (χ2n) is 11.0. The highest BCUT2D eigenvalue weighted by Crippen LogP contribution is 2.53. The molecule has 206 valence electrons. The molecule has 39 heavy (non-hydrogen) atoms. The van der Waals surface area contributed by atoms with Crippen molar-refractivity contribution < 1.29 is 34.8 Å². The number of fused-ring (bicyclic) bond motifs is 3. The zero-order chi connectivity index (χ0) is 28.2. The number of aromatic hydroxyl groups is 1. The van der Waals surface area contributed by atoms with Crippen LogP contribution in [0.1, 0.15) is 39.9 Å². The molecular formula is C30H34N2O7. The van der Waals surface area contributed by atoms with Gasteiger partial charge in [0.15, 0.2) is 5.78 Å². The number of ketones is 1. The molecule has 2 aromatic carbocycles.